The van der Waals surface area contributed by atoms with Crippen molar-refractivity contribution in [3.63, 3.8) is 0 Å². The number of hydrogen-bond donors (Lipinski definition) is 0. The molecule has 0 aliphatic heterocycles. The van der Waals surface area contributed by atoms with Crippen molar-refractivity contribution in [2.45, 2.75) is 6.61 Å². The van der Waals surface area contributed by atoms with Crippen LogP contribution in [-0.4, -0.2) is 12.1 Å². The van der Waals surface area contributed by atoms with E-state index >= 15 is 0 Å². The van der Waals surface area contributed by atoms with Gasteiger partial charge in [0.15, 0.2) is 0 Å². The Labute approximate surface area is 116 Å². The number of benzene rings is 1. The van der Waals surface area contributed by atoms with Gasteiger partial charge in [-0.1, -0.05) is 11.6 Å². The summed E-state index contributed by atoms with van der Waals surface area (Å²) >= 11 is 5.99. The summed E-state index contributed by atoms with van der Waals surface area (Å²) in [5.74, 6) is 1.14. The predicted molar refractivity (Wildman–Crippen MR) is 71.3 cm³/mol. The first-order valence-electron chi connectivity index (χ1n) is 5.53. The van der Waals surface area contributed by atoms with Gasteiger partial charge in [-0.05, 0) is 18.2 Å². The number of nitrogens with zero attached hydrogens (tertiary/aromatic N) is 2. The minimum absolute atomic E-state index is 0.305. The molecule has 5 heteroatoms. The number of methoxy groups -OCH3 is 1. The van der Waals surface area contributed by atoms with Gasteiger partial charge in [-0.25, -0.2) is 0 Å². The van der Waals surface area contributed by atoms with Crippen molar-refractivity contribution >= 4 is 11.6 Å². The van der Waals surface area contributed by atoms with Gasteiger partial charge in [-0.15, -0.1) is 0 Å². The molecular formula is C14H11ClN2O2. The molecule has 0 radical (unpaired) electrons. The van der Waals surface area contributed by atoms with E-state index < -0.39 is 0 Å². The van der Waals surface area contributed by atoms with Gasteiger partial charge in [-0.3, -0.25) is 4.98 Å². The summed E-state index contributed by atoms with van der Waals surface area (Å²) in [6, 6.07) is 8.85. The molecule has 0 unspecified atom stereocenters. The van der Waals surface area contributed by atoms with Crippen LogP contribution in [0.1, 0.15) is 11.1 Å². The van der Waals surface area contributed by atoms with E-state index in [0.717, 1.165) is 5.56 Å². The van der Waals surface area contributed by atoms with E-state index in [1.165, 1.54) is 0 Å². The summed E-state index contributed by atoms with van der Waals surface area (Å²) < 4.78 is 10.7. The molecule has 96 valence electrons. The molecule has 2 rings (SSSR count). The van der Waals surface area contributed by atoms with E-state index in [0.29, 0.717) is 28.7 Å². The fourth-order valence-corrected chi connectivity index (χ4v) is 1.69. The van der Waals surface area contributed by atoms with Crippen LogP contribution in [0.5, 0.6) is 11.5 Å². The zero-order valence-electron chi connectivity index (χ0n) is 10.3. The number of hydrogen-bond acceptors (Lipinski definition) is 4. The molecule has 0 fully saturated rings. The number of halogens is 1. The molecule has 4 nitrogen and oxygen atoms in total. The van der Waals surface area contributed by atoms with E-state index in [9.17, 15) is 0 Å². The minimum atomic E-state index is 0.305. The van der Waals surface area contributed by atoms with Crippen molar-refractivity contribution in [2.75, 3.05) is 7.11 Å². The van der Waals surface area contributed by atoms with E-state index in [-0.39, 0.29) is 0 Å². The largest absolute Gasteiger partial charge is 0.497 e. The van der Waals surface area contributed by atoms with E-state index in [4.69, 9.17) is 26.3 Å². The predicted octanol–water partition coefficient (Wildman–Crippen LogP) is 3.19. The third-order valence-electron chi connectivity index (χ3n) is 2.50. The molecule has 0 aliphatic rings. The highest BCUT2D eigenvalue weighted by molar-refractivity contribution is 6.31. The van der Waals surface area contributed by atoms with Crippen LogP contribution in [0.15, 0.2) is 36.7 Å². The van der Waals surface area contributed by atoms with Gasteiger partial charge >= 0.3 is 0 Å². The Hall–Kier alpha value is -2.25. The Balaban J connectivity index is 2.16. The minimum Gasteiger partial charge on any atom is -0.497 e. The summed E-state index contributed by atoms with van der Waals surface area (Å²) in [6.45, 7) is 0.305. The third-order valence-corrected chi connectivity index (χ3v) is 2.84. The number of pyridine rings is 1. The molecule has 0 saturated heterocycles. The van der Waals surface area contributed by atoms with Crippen LogP contribution < -0.4 is 9.47 Å². The molecule has 19 heavy (non-hydrogen) atoms. The molecule has 1 aromatic carbocycles. The SMILES string of the molecule is COc1cc(C#N)cc(OCc2ccncc2Cl)c1. The molecule has 0 amide bonds. The van der Waals surface area contributed by atoms with Crippen LogP contribution in [0.25, 0.3) is 0 Å². The average molecular weight is 275 g/mol. The lowest BCUT2D eigenvalue weighted by Crippen LogP contribution is -1.97. The number of rotatable bonds is 4. The first-order chi connectivity index (χ1) is 9.22. The lowest BCUT2D eigenvalue weighted by Gasteiger charge is -2.09. The van der Waals surface area contributed by atoms with Crippen LogP contribution in [0, 0.1) is 11.3 Å². The normalized spacial score (nSPS) is 9.74. The highest BCUT2D eigenvalue weighted by atomic mass is 35.5. The van der Waals surface area contributed by atoms with Gasteiger partial charge in [0.05, 0.1) is 23.8 Å². The summed E-state index contributed by atoms with van der Waals surface area (Å²) in [7, 11) is 1.54. The van der Waals surface area contributed by atoms with Crippen LogP contribution in [0.3, 0.4) is 0 Å². The van der Waals surface area contributed by atoms with Crippen molar-refractivity contribution in [2.24, 2.45) is 0 Å². The second-order valence-electron chi connectivity index (χ2n) is 3.76. The Morgan fingerprint density at radius 3 is 2.79 bits per heavy atom. The second-order valence-corrected chi connectivity index (χ2v) is 4.17. The molecule has 1 heterocycles. The molecule has 2 aromatic rings. The second kappa shape index (κ2) is 6.07. The first-order valence-corrected chi connectivity index (χ1v) is 5.91. The van der Waals surface area contributed by atoms with Crippen molar-refractivity contribution in [3.8, 4) is 17.6 Å². The summed E-state index contributed by atoms with van der Waals surface area (Å²) in [5.41, 5.74) is 1.31. The molecule has 0 aliphatic carbocycles. The van der Waals surface area contributed by atoms with Gasteiger partial charge in [0, 0.05) is 24.0 Å². The monoisotopic (exact) mass is 274 g/mol. The van der Waals surface area contributed by atoms with E-state index in [1.54, 1.807) is 43.8 Å². The van der Waals surface area contributed by atoms with Gasteiger partial charge in [0.1, 0.15) is 18.1 Å². The summed E-state index contributed by atoms with van der Waals surface area (Å²) in [4.78, 5) is 3.90. The fourth-order valence-electron chi connectivity index (χ4n) is 1.52. The smallest absolute Gasteiger partial charge is 0.124 e. The van der Waals surface area contributed by atoms with Crippen molar-refractivity contribution in [3.05, 3.63) is 52.8 Å². The number of aromatic nitrogens is 1. The lowest BCUT2D eigenvalue weighted by atomic mass is 10.2. The summed E-state index contributed by atoms with van der Waals surface area (Å²) in [6.07, 6.45) is 3.21. The maximum Gasteiger partial charge on any atom is 0.124 e. The van der Waals surface area contributed by atoms with Crippen molar-refractivity contribution < 1.29 is 9.47 Å². The average Bonchev–Trinajstić information content (AvgIpc) is 2.46. The van der Waals surface area contributed by atoms with Crippen molar-refractivity contribution in [1.29, 1.82) is 5.26 Å². The summed E-state index contributed by atoms with van der Waals surface area (Å²) in [5, 5.41) is 9.47. The van der Waals surface area contributed by atoms with Crippen molar-refractivity contribution in [1.82, 2.24) is 4.98 Å². The van der Waals surface area contributed by atoms with Gasteiger partial charge < -0.3 is 9.47 Å². The molecule has 0 N–H and O–H groups in total. The van der Waals surface area contributed by atoms with Gasteiger partial charge in [0.25, 0.3) is 0 Å². The molecule has 0 atom stereocenters. The zero-order valence-corrected chi connectivity index (χ0v) is 11.0. The van der Waals surface area contributed by atoms with E-state index in [2.05, 4.69) is 11.1 Å². The van der Waals surface area contributed by atoms with Crippen LogP contribution in [-0.2, 0) is 6.61 Å². The molecular weight excluding hydrogens is 264 g/mol. The fraction of sp³-hybridized carbons (Fsp3) is 0.143. The maximum absolute atomic E-state index is 8.92. The van der Waals surface area contributed by atoms with Gasteiger partial charge in [-0.2, -0.15) is 5.26 Å². The molecule has 0 spiro atoms. The Bertz CT molecular complexity index is 623. The zero-order chi connectivity index (χ0) is 13.7. The number of nitriles is 1. The number of ether oxygens (including phenoxy) is 2. The Morgan fingerprint density at radius 1 is 1.32 bits per heavy atom. The topological polar surface area (TPSA) is 55.1 Å². The van der Waals surface area contributed by atoms with Gasteiger partial charge in [0.2, 0.25) is 0 Å². The highest BCUT2D eigenvalue weighted by Crippen LogP contribution is 2.24. The molecule has 0 bridgehead atoms. The maximum atomic E-state index is 8.92. The van der Waals surface area contributed by atoms with Crippen LogP contribution >= 0.6 is 11.6 Å². The first kappa shape index (κ1) is 13.2. The third kappa shape index (κ3) is 3.36. The van der Waals surface area contributed by atoms with E-state index in [1.807, 2.05) is 0 Å². The van der Waals surface area contributed by atoms with Crippen LogP contribution in [0.4, 0.5) is 0 Å². The molecule has 0 saturated carbocycles. The van der Waals surface area contributed by atoms with Crippen LogP contribution in [0.2, 0.25) is 5.02 Å². The Kier molecular flexibility index (Phi) is 4.22. The lowest BCUT2D eigenvalue weighted by molar-refractivity contribution is 0.303. The standard InChI is InChI=1S/C14H11ClN2O2/c1-18-12-4-10(7-16)5-13(6-12)19-9-11-2-3-17-8-14(11)15/h2-6,8H,9H2,1H3. The quantitative estimate of drug-likeness (QED) is 0.859. The molecule has 1 aromatic heterocycles. The highest BCUT2D eigenvalue weighted by Gasteiger charge is 2.04. The Morgan fingerprint density at radius 2 is 2.11 bits per heavy atom.